The number of ether oxygens (including phenoxy) is 1. The largest absolute Gasteiger partial charge is 0.493 e. The van der Waals surface area contributed by atoms with Crippen LogP contribution in [-0.4, -0.2) is 22.7 Å². The molecule has 0 atom stereocenters. The quantitative estimate of drug-likeness (QED) is 0.759. The van der Waals surface area contributed by atoms with E-state index < -0.39 is 0 Å². The number of hydrogen-bond donors (Lipinski definition) is 0. The predicted octanol–water partition coefficient (Wildman–Crippen LogP) is 1.69. The van der Waals surface area contributed by atoms with E-state index in [0.29, 0.717) is 6.42 Å². The van der Waals surface area contributed by atoms with Gasteiger partial charge in [-0.3, -0.25) is 9.48 Å². The van der Waals surface area contributed by atoms with Crippen LogP contribution >= 0.6 is 0 Å². The Kier molecular flexibility index (Phi) is 3.17. The van der Waals surface area contributed by atoms with Crippen LogP contribution in [0.25, 0.3) is 0 Å². The van der Waals surface area contributed by atoms with Crippen molar-refractivity contribution in [1.82, 2.24) is 9.78 Å². The zero-order valence-electron chi connectivity index (χ0n) is 10.00. The number of carbonyl (C=O) groups excluding carboxylic acids is 1. The summed E-state index contributed by atoms with van der Waals surface area (Å²) in [7, 11) is 3.48. The first-order valence-corrected chi connectivity index (χ1v) is 4.94. The Morgan fingerprint density at radius 3 is 2.67 bits per heavy atom. The summed E-state index contributed by atoms with van der Waals surface area (Å²) >= 11 is 0. The molecule has 0 aliphatic carbocycles. The molecule has 1 aromatic rings. The van der Waals surface area contributed by atoms with Gasteiger partial charge < -0.3 is 4.74 Å². The maximum absolute atomic E-state index is 11.2. The summed E-state index contributed by atoms with van der Waals surface area (Å²) in [6, 6.07) is 0. The number of Topliss-reactive ketones (excluding diaryl/α,β-unsaturated/α-hetero) is 1. The minimum Gasteiger partial charge on any atom is -0.493 e. The van der Waals surface area contributed by atoms with E-state index in [1.165, 1.54) is 0 Å². The van der Waals surface area contributed by atoms with Crippen LogP contribution in [-0.2, 0) is 17.3 Å². The second-order valence-electron chi connectivity index (χ2n) is 4.45. The molecule has 0 amide bonds. The average Bonchev–Trinajstić information content (AvgIpc) is 2.44. The molecule has 15 heavy (non-hydrogen) atoms. The monoisotopic (exact) mass is 210 g/mol. The first-order valence-electron chi connectivity index (χ1n) is 4.94. The molecule has 1 heterocycles. The van der Waals surface area contributed by atoms with Crippen LogP contribution in [0.2, 0.25) is 0 Å². The number of aromatic nitrogens is 2. The van der Waals surface area contributed by atoms with Crippen molar-refractivity contribution >= 4 is 5.78 Å². The van der Waals surface area contributed by atoms with Gasteiger partial charge in [-0.25, -0.2) is 0 Å². The lowest BCUT2D eigenvalue weighted by atomic mass is 9.83. The lowest BCUT2D eigenvalue weighted by Crippen LogP contribution is -2.24. The number of ketones is 1. The molecule has 1 rings (SSSR count). The molecular formula is C11H18N2O2. The highest BCUT2D eigenvalue weighted by Gasteiger charge is 2.29. The smallest absolute Gasteiger partial charge is 0.160 e. The van der Waals surface area contributed by atoms with Crippen molar-refractivity contribution < 1.29 is 9.53 Å². The third-order valence-electron chi connectivity index (χ3n) is 2.46. The Morgan fingerprint density at radius 2 is 2.20 bits per heavy atom. The molecule has 0 N–H and O–H groups in total. The van der Waals surface area contributed by atoms with Gasteiger partial charge in [-0.05, 0) is 6.92 Å². The molecule has 0 spiro atoms. The molecule has 4 nitrogen and oxygen atoms in total. The minimum atomic E-state index is -0.248. The fourth-order valence-electron chi connectivity index (χ4n) is 2.04. The number of methoxy groups -OCH3 is 1. The Bertz CT molecular complexity index is 367. The van der Waals surface area contributed by atoms with Crippen LogP contribution in [0.3, 0.4) is 0 Å². The van der Waals surface area contributed by atoms with Gasteiger partial charge in [0.05, 0.1) is 19.0 Å². The summed E-state index contributed by atoms with van der Waals surface area (Å²) in [5.41, 5.74) is 0.711. The van der Waals surface area contributed by atoms with Gasteiger partial charge in [-0.2, -0.15) is 5.10 Å². The molecule has 0 saturated heterocycles. The van der Waals surface area contributed by atoms with Gasteiger partial charge in [0.25, 0.3) is 0 Å². The first kappa shape index (κ1) is 11.8. The molecule has 0 bridgehead atoms. The molecule has 0 aliphatic rings. The maximum Gasteiger partial charge on any atom is 0.160 e. The fourth-order valence-corrected chi connectivity index (χ4v) is 2.04. The van der Waals surface area contributed by atoms with E-state index in [1.807, 2.05) is 20.9 Å². The average molecular weight is 210 g/mol. The number of nitrogens with zero attached hydrogens (tertiary/aromatic N) is 2. The SMILES string of the molecule is COc1cnn(C)c1C(C)(C)CC(C)=O. The Morgan fingerprint density at radius 1 is 1.60 bits per heavy atom. The van der Waals surface area contributed by atoms with E-state index in [-0.39, 0.29) is 11.2 Å². The second-order valence-corrected chi connectivity index (χ2v) is 4.45. The molecule has 0 saturated carbocycles. The van der Waals surface area contributed by atoms with Crippen molar-refractivity contribution in [3.8, 4) is 5.75 Å². The summed E-state index contributed by atoms with van der Waals surface area (Å²) in [6.45, 7) is 5.65. The number of aryl methyl sites for hydroxylation is 1. The Hall–Kier alpha value is -1.32. The van der Waals surface area contributed by atoms with E-state index in [0.717, 1.165) is 11.4 Å². The first-order chi connectivity index (χ1) is 6.88. The highest BCUT2D eigenvalue weighted by atomic mass is 16.5. The Balaban J connectivity index is 3.12. The zero-order valence-corrected chi connectivity index (χ0v) is 10.00. The van der Waals surface area contributed by atoms with Gasteiger partial charge in [0.15, 0.2) is 5.75 Å². The van der Waals surface area contributed by atoms with Crippen molar-refractivity contribution in [3.63, 3.8) is 0 Å². The molecule has 0 unspecified atom stereocenters. The van der Waals surface area contributed by atoms with Crippen LogP contribution < -0.4 is 4.74 Å². The highest BCUT2D eigenvalue weighted by molar-refractivity contribution is 5.77. The van der Waals surface area contributed by atoms with Crippen molar-refractivity contribution in [2.24, 2.45) is 7.05 Å². The van der Waals surface area contributed by atoms with Crippen LogP contribution in [0.5, 0.6) is 5.75 Å². The van der Waals surface area contributed by atoms with Gasteiger partial charge in [0.2, 0.25) is 0 Å². The summed E-state index contributed by atoms with van der Waals surface area (Å²) in [6.07, 6.45) is 2.17. The molecule has 0 aliphatic heterocycles. The number of hydrogen-bond acceptors (Lipinski definition) is 3. The summed E-state index contributed by atoms with van der Waals surface area (Å²) < 4.78 is 7.01. The van der Waals surface area contributed by atoms with Crippen molar-refractivity contribution in [2.45, 2.75) is 32.6 Å². The van der Waals surface area contributed by atoms with Crippen LogP contribution in [0.1, 0.15) is 32.9 Å². The van der Waals surface area contributed by atoms with Crippen molar-refractivity contribution in [1.29, 1.82) is 0 Å². The van der Waals surface area contributed by atoms with Gasteiger partial charge in [-0.1, -0.05) is 13.8 Å². The number of carbonyl (C=O) groups is 1. The van der Waals surface area contributed by atoms with E-state index in [9.17, 15) is 4.79 Å². The van der Waals surface area contributed by atoms with Crippen LogP contribution in [0, 0.1) is 0 Å². The Labute approximate surface area is 90.2 Å². The standard InChI is InChI=1S/C11H18N2O2/c1-8(14)6-11(2,3)10-9(15-5)7-12-13(10)4/h7H,6H2,1-5H3. The van der Waals surface area contributed by atoms with E-state index in [1.54, 1.807) is 24.9 Å². The molecule has 0 fully saturated rings. The van der Waals surface area contributed by atoms with E-state index in [4.69, 9.17) is 4.74 Å². The second kappa shape index (κ2) is 4.04. The van der Waals surface area contributed by atoms with Gasteiger partial charge in [0.1, 0.15) is 5.78 Å². The van der Waals surface area contributed by atoms with E-state index >= 15 is 0 Å². The third kappa shape index (κ3) is 2.37. The summed E-state index contributed by atoms with van der Waals surface area (Å²) in [5.74, 6) is 0.909. The lowest BCUT2D eigenvalue weighted by Gasteiger charge is -2.24. The van der Waals surface area contributed by atoms with Gasteiger partial charge in [0, 0.05) is 18.9 Å². The lowest BCUT2D eigenvalue weighted by molar-refractivity contribution is -0.118. The van der Waals surface area contributed by atoms with Crippen molar-refractivity contribution in [3.05, 3.63) is 11.9 Å². The minimum absolute atomic E-state index is 0.170. The van der Waals surface area contributed by atoms with Crippen molar-refractivity contribution in [2.75, 3.05) is 7.11 Å². The third-order valence-corrected chi connectivity index (χ3v) is 2.46. The zero-order chi connectivity index (χ0) is 11.6. The molecular weight excluding hydrogens is 192 g/mol. The predicted molar refractivity (Wildman–Crippen MR) is 58.1 cm³/mol. The van der Waals surface area contributed by atoms with Crippen LogP contribution in [0.4, 0.5) is 0 Å². The summed E-state index contributed by atoms with van der Waals surface area (Å²) in [4.78, 5) is 11.2. The highest BCUT2D eigenvalue weighted by Crippen LogP contribution is 2.33. The molecule has 0 aromatic carbocycles. The maximum atomic E-state index is 11.2. The molecule has 4 heteroatoms. The molecule has 1 aromatic heterocycles. The summed E-state index contributed by atoms with van der Waals surface area (Å²) in [5, 5.41) is 4.14. The van der Waals surface area contributed by atoms with Gasteiger partial charge >= 0.3 is 0 Å². The normalized spacial score (nSPS) is 11.5. The molecule has 0 radical (unpaired) electrons. The number of rotatable bonds is 4. The van der Waals surface area contributed by atoms with E-state index in [2.05, 4.69) is 5.10 Å². The van der Waals surface area contributed by atoms with Crippen LogP contribution in [0.15, 0.2) is 6.20 Å². The molecule has 84 valence electrons. The van der Waals surface area contributed by atoms with Gasteiger partial charge in [-0.15, -0.1) is 0 Å². The fraction of sp³-hybridized carbons (Fsp3) is 0.636. The topological polar surface area (TPSA) is 44.1 Å².